The number of likely N-dealkylation sites (N-methyl/N-ethyl adjacent to an activating group) is 1. The van der Waals surface area contributed by atoms with E-state index in [4.69, 9.17) is 5.11 Å². The molecular weight excluding hydrogens is 278 g/mol. The second kappa shape index (κ2) is 14.9. The van der Waals surface area contributed by atoms with Gasteiger partial charge in [0.15, 0.2) is 0 Å². The Hall–Kier alpha value is -1.06. The molecule has 0 bridgehead atoms. The maximum Gasteiger partial charge on any atom is 0.323 e. The zero-order valence-electron chi connectivity index (χ0n) is 14.6. The summed E-state index contributed by atoms with van der Waals surface area (Å²) in [6, 6.07) is 0. The van der Waals surface area contributed by atoms with Crippen LogP contribution in [0.25, 0.3) is 0 Å². The molecule has 0 unspecified atom stereocenters. The summed E-state index contributed by atoms with van der Waals surface area (Å²) in [5.41, 5.74) is 0. The lowest BCUT2D eigenvalue weighted by atomic mass is 10.1. The molecule has 0 aliphatic carbocycles. The first-order valence-electron chi connectivity index (χ1n) is 9.11. The highest BCUT2D eigenvalue weighted by Gasteiger charge is 2.13. The maximum absolute atomic E-state index is 11.8. The van der Waals surface area contributed by atoms with Crippen molar-refractivity contribution in [2.75, 3.05) is 13.1 Å². The molecule has 22 heavy (non-hydrogen) atoms. The molecule has 0 aromatic rings. The normalized spacial score (nSPS) is 10.6. The molecule has 0 aliphatic heterocycles. The largest absolute Gasteiger partial charge is 0.480 e. The van der Waals surface area contributed by atoms with Crippen molar-refractivity contribution in [1.82, 2.24) is 4.90 Å². The minimum Gasteiger partial charge on any atom is -0.480 e. The Bertz CT molecular complexity index is 292. The van der Waals surface area contributed by atoms with E-state index in [1.807, 2.05) is 6.92 Å². The fourth-order valence-corrected chi connectivity index (χ4v) is 2.64. The highest BCUT2D eigenvalue weighted by Crippen LogP contribution is 2.12. The fraction of sp³-hybridized carbons (Fsp3) is 0.889. The Balaban J connectivity index is 3.41. The minimum atomic E-state index is -0.936. The van der Waals surface area contributed by atoms with Crippen molar-refractivity contribution >= 4 is 11.9 Å². The van der Waals surface area contributed by atoms with Crippen LogP contribution in [0.4, 0.5) is 0 Å². The number of hydrogen-bond donors (Lipinski definition) is 1. The van der Waals surface area contributed by atoms with Gasteiger partial charge in [-0.15, -0.1) is 0 Å². The standard InChI is InChI=1S/C18H35NO3/c1-3-5-6-7-8-9-10-11-12-13-14-15-17(20)19(4-2)16-18(21)22/h3-16H2,1-2H3,(H,21,22). The molecule has 4 nitrogen and oxygen atoms in total. The molecule has 1 N–H and O–H groups in total. The predicted molar refractivity (Wildman–Crippen MR) is 91.0 cm³/mol. The second-order valence-corrected chi connectivity index (χ2v) is 6.09. The third-order valence-electron chi connectivity index (χ3n) is 4.05. The van der Waals surface area contributed by atoms with E-state index in [-0.39, 0.29) is 12.5 Å². The zero-order valence-corrected chi connectivity index (χ0v) is 14.6. The third-order valence-corrected chi connectivity index (χ3v) is 4.05. The molecule has 1 amide bonds. The van der Waals surface area contributed by atoms with E-state index in [2.05, 4.69) is 6.92 Å². The summed E-state index contributed by atoms with van der Waals surface area (Å²) < 4.78 is 0. The van der Waals surface area contributed by atoms with Crippen LogP contribution >= 0.6 is 0 Å². The molecule has 0 saturated heterocycles. The van der Waals surface area contributed by atoms with Gasteiger partial charge < -0.3 is 10.0 Å². The first-order valence-corrected chi connectivity index (χ1v) is 9.11. The number of hydrogen-bond acceptors (Lipinski definition) is 2. The molecule has 130 valence electrons. The summed E-state index contributed by atoms with van der Waals surface area (Å²) in [7, 11) is 0. The number of rotatable bonds is 15. The quantitative estimate of drug-likeness (QED) is 0.449. The lowest BCUT2D eigenvalue weighted by Gasteiger charge is -2.18. The van der Waals surface area contributed by atoms with E-state index in [1.54, 1.807) is 0 Å². The summed E-state index contributed by atoms with van der Waals surface area (Å²) in [5, 5.41) is 8.73. The molecule has 0 saturated carbocycles. The van der Waals surface area contributed by atoms with Crippen LogP contribution < -0.4 is 0 Å². The van der Waals surface area contributed by atoms with Crippen molar-refractivity contribution in [3.8, 4) is 0 Å². The molecule has 0 radical (unpaired) electrons. The van der Waals surface area contributed by atoms with E-state index in [1.165, 1.54) is 62.7 Å². The lowest BCUT2D eigenvalue weighted by Crippen LogP contribution is -2.35. The average molecular weight is 313 g/mol. The summed E-state index contributed by atoms with van der Waals surface area (Å²) in [5.74, 6) is -0.963. The van der Waals surface area contributed by atoms with Gasteiger partial charge in [-0.25, -0.2) is 0 Å². The number of carbonyl (C=O) groups excluding carboxylic acids is 1. The Kier molecular flexibility index (Phi) is 14.1. The first-order chi connectivity index (χ1) is 10.6. The average Bonchev–Trinajstić information content (AvgIpc) is 2.49. The Morgan fingerprint density at radius 3 is 1.64 bits per heavy atom. The van der Waals surface area contributed by atoms with Crippen LogP contribution in [0.1, 0.15) is 90.9 Å². The van der Waals surface area contributed by atoms with Gasteiger partial charge in [0.1, 0.15) is 6.54 Å². The van der Waals surface area contributed by atoms with Crippen molar-refractivity contribution < 1.29 is 14.7 Å². The van der Waals surface area contributed by atoms with Crippen LogP contribution in [-0.2, 0) is 9.59 Å². The van der Waals surface area contributed by atoms with Crippen molar-refractivity contribution in [2.24, 2.45) is 0 Å². The first kappa shape index (κ1) is 20.9. The Morgan fingerprint density at radius 1 is 0.773 bits per heavy atom. The lowest BCUT2D eigenvalue weighted by molar-refractivity contribution is -0.144. The molecule has 0 rings (SSSR count). The van der Waals surface area contributed by atoms with E-state index >= 15 is 0 Å². The van der Waals surface area contributed by atoms with E-state index in [0.29, 0.717) is 13.0 Å². The minimum absolute atomic E-state index is 0.0270. The van der Waals surface area contributed by atoms with Gasteiger partial charge in [-0.1, -0.05) is 71.1 Å². The van der Waals surface area contributed by atoms with Crippen LogP contribution in [0.3, 0.4) is 0 Å². The Labute approximate surface area is 136 Å². The fourth-order valence-electron chi connectivity index (χ4n) is 2.64. The molecular formula is C18H35NO3. The van der Waals surface area contributed by atoms with E-state index < -0.39 is 5.97 Å². The van der Waals surface area contributed by atoms with Crippen molar-refractivity contribution in [3.05, 3.63) is 0 Å². The molecule has 0 aliphatic rings. The molecule has 0 heterocycles. The van der Waals surface area contributed by atoms with Crippen LogP contribution in [0.2, 0.25) is 0 Å². The maximum atomic E-state index is 11.8. The summed E-state index contributed by atoms with van der Waals surface area (Å²) in [6.45, 7) is 4.37. The zero-order chi connectivity index (χ0) is 16.6. The van der Waals surface area contributed by atoms with Crippen LogP contribution in [-0.4, -0.2) is 35.0 Å². The number of amides is 1. The summed E-state index contributed by atoms with van der Waals surface area (Å²) in [4.78, 5) is 23.9. The SMILES string of the molecule is CCCCCCCCCCCCCC(=O)N(CC)CC(=O)O. The summed E-state index contributed by atoms with van der Waals surface area (Å²) >= 11 is 0. The molecule has 0 aromatic carbocycles. The highest BCUT2D eigenvalue weighted by atomic mass is 16.4. The Morgan fingerprint density at radius 2 is 1.23 bits per heavy atom. The molecule has 4 heteroatoms. The van der Waals surface area contributed by atoms with Crippen molar-refractivity contribution in [3.63, 3.8) is 0 Å². The number of aliphatic carboxylic acids is 1. The summed E-state index contributed by atoms with van der Waals surface area (Å²) in [6.07, 6.45) is 14.3. The molecule has 0 aromatic heterocycles. The third kappa shape index (κ3) is 12.7. The highest BCUT2D eigenvalue weighted by molar-refractivity contribution is 5.81. The van der Waals surface area contributed by atoms with E-state index in [9.17, 15) is 9.59 Å². The molecule has 0 spiro atoms. The molecule has 0 fully saturated rings. The van der Waals surface area contributed by atoms with Gasteiger partial charge in [-0.3, -0.25) is 9.59 Å². The van der Waals surface area contributed by atoms with Crippen LogP contribution in [0.15, 0.2) is 0 Å². The van der Waals surface area contributed by atoms with Crippen molar-refractivity contribution in [2.45, 2.75) is 90.9 Å². The second-order valence-electron chi connectivity index (χ2n) is 6.09. The number of carboxylic acid groups (broad SMARTS) is 1. The monoisotopic (exact) mass is 313 g/mol. The van der Waals surface area contributed by atoms with Crippen LogP contribution in [0.5, 0.6) is 0 Å². The smallest absolute Gasteiger partial charge is 0.323 e. The number of carboxylic acids is 1. The molecule has 0 atom stereocenters. The predicted octanol–water partition coefficient (Wildman–Crippen LogP) is 4.62. The van der Waals surface area contributed by atoms with Crippen molar-refractivity contribution in [1.29, 1.82) is 0 Å². The van der Waals surface area contributed by atoms with Gasteiger partial charge in [0, 0.05) is 13.0 Å². The van der Waals surface area contributed by atoms with Gasteiger partial charge in [0.25, 0.3) is 0 Å². The van der Waals surface area contributed by atoms with Crippen LogP contribution in [0, 0.1) is 0 Å². The number of nitrogens with zero attached hydrogens (tertiary/aromatic N) is 1. The van der Waals surface area contributed by atoms with Gasteiger partial charge in [0.05, 0.1) is 0 Å². The van der Waals surface area contributed by atoms with Gasteiger partial charge in [-0.2, -0.15) is 0 Å². The number of carbonyl (C=O) groups is 2. The van der Waals surface area contributed by atoms with Gasteiger partial charge >= 0.3 is 5.97 Å². The van der Waals surface area contributed by atoms with Gasteiger partial charge in [-0.05, 0) is 13.3 Å². The number of unbranched alkanes of at least 4 members (excludes halogenated alkanes) is 10. The topological polar surface area (TPSA) is 57.6 Å². The van der Waals surface area contributed by atoms with Gasteiger partial charge in [0.2, 0.25) is 5.91 Å². The van der Waals surface area contributed by atoms with E-state index in [0.717, 1.165) is 12.8 Å².